The van der Waals surface area contributed by atoms with Gasteiger partial charge in [0.1, 0.15) is 5.75 Å². The number of hydrogen-bond donors (Lipinski definition) is 2. The van der Waals surface area contributed by atoms with Crippen LogP contribution in [-0.4, -0.2) is 39.6 Å². The predicted octanol–water partition coefficient (Wildman–Crippen LogP) is 1.71. The van der Waals surface area contributed by atoms with Crippen LogP contribution in [0, 0.1) is 5.92 Å². The first-order valence-electron chi connectivity index (χ1n) is 6.97. The van der Waals surface area contributed by atoms with Crippen LogP contribution < -0.4 is 4.72 Å². The largest absolute Gasteiger partial charge is 0.508 e. The molecule has 0 amide bonds. The lowest BCUT2D eigenvalue weighted by Gasteiger charge is -2.18. The monoisotopic (exact) mass is 308 g/mol. The third-order valence-electron chi connectivity index (χ3n) is 3.14. The zero-order valence-corrected chi connectivity index (χ0v) is 13.0. The Bertz CT molecular complexity index is 557. The minimum absolute atomic E-state index is 0.146. The molecule has 1 aliphatic rings. The number of aromatic hydroxyl groups is 1. The molecule has 0 aromatic heterocycles. The van der Waals surface area contributed by atoms with E-state index in [0.29, 0.717) is 23.3 Å². The van der Waals surface area contributed by atoms with E-state index in [4.69, 9.17) is 0 Å². The quantitative estimate of drug-likeness (QED) is 0.656. The fourth-order valence-electron chi connectivity index (χ4n) is 1.89. The molecule has 1 aliphatic heterocycles. The molecular weight excluding hydrogens is 288 g/mol. The first kappa shape index (κ1) is 15.5. The maximum absolute atomic E-state index is 12.3. The smallest absolute Gasteiger partial charge is 0.227 e. The number of hydrazone groups is 1. The highest BCUT2D eigenvalue weighted by atomic mass is 32.2. The summed E-state index contributed by atoms with van der Waals surface area (Å²) >= 11 is 0. The van der Waals surface area contributed by atoms with E-state index < -0.39 is 11.0 Å². The second-order valence-electron chi connectivity index (χ2n) is 4.68. The van der Waals surface area contributed by atoms with Gasteiger partial charge in [-0.15, -0.1) is 0 Å². The van der Waals surface area contributed by atoms with E-state index in [9.17, 15) is 9.32 Å². The van der Waals surface area contributed by atoms with Crippen molar-refractivity contribution < 1.29 is 9.32 Å². The van der Waals surface area contributed by atoms with Crippen LogP contribution in [0.25, 0.3) is 0 Å². The summed E-state index contributed by atoms with van der Waals surface area (Å²) in [6, 6.07) is 6.24. The number of nitrogens with one attached hydrogen (secondary N) is 1. The van der Waals surface area contributed by atoms with E-state index in [1.165, 1.54) is 12.1 Å². The zero-order chi connectivity index (χ0) is 15.2. The summed E-state index contributed by atoms with van der Waals surface area (Å²) in [6.07, 6.45) is 2.91. The minimum atomic E-state index is -1.44. The van der Waals surface area contributed by atoms with Crippen molar-refractivity contribution in [2.45, 2.75) is 25.2 Å². The lowest BCUT2D eigenvalue weighted by atomic mass is 10.1. The number of nitrogens with zero attached hydrogens (tertiary/aromatic N) is 3. The van der Waals surface area contributed by atoms with E-state index in [2.05, 4.69) is 21.7 Å². The van der Waals surface area contributed by atoms with Crippen LogP contribution in [0.3, 0.4) is 0 Å². The van der Waals surface area contributed by atoms with Gasteiger partial charge in [-0.2, -0.15) is 5.10 Å². The van der Waals surface area contributed by atoms with Gasteiger partial charge in [0.15, 0.2) is 11.0 Å². The number of hydrogen-bond acceptors (Lipinski definition) is 4. The van der Waals surface area contributed by atoms with Crippen molar-refractivity contribution in [2.75, 3.05) is 13.1 Å². The molecule has 0 saturated heterocycles. The topological polar surface area (TPSA) is 77.3 Å². The van der Waals surface area contributed by atoms with E-state index in [-0.39, 0.29) is 5.75 Å². The van der Waals surface area contributed by atoms with Crippen LogP contribution >= 0.6 is 0 Å². The van der Waals surface area contributed by atoms with Gasteiger partial charge in [0, 0.05) is 18.7 Å². The maximum Gasteiger partial charge on any atom is 0.227 e. The van der Waals surface area contributed by atoms with Gasteiger partial charge in [-0.25, -0.2) is 9.22 Å². The van der Waals surface area contributed by atoms with Crippen LogP contribution in [0.5, 0.6) is 5.75 Å². The van der Waals surface area contributed by atoms with Crippen molar-refractivity contribution in [1.29, 1.82) is 0 Å². The molecule has 1 aromatic rings. The molecule has 2 rings (SSSR count). The second-order valence-corrected chi connectivity index (χ2v) is 5.89. The highest BCUT2D eigenvalue weighted by Crippen LogP contribution is 2.14. The number of rotatable bonds is 4. The van der Waals surface area contributed by atoms with E-state index in [1.807, 2.05) is 13.1 Å². The number of guanidine groups is 1. The molecule has 1 heterocycles. The third kappa shape index (κ3) is 4.04. The van der Waals surface area contributed by atoms with Crippen molar-refractivity contribution in [2.24, 2.45) is 16.0 Å². The molecule has 21 heavy (non-hydrogen) atoms. The van der Waals surface area contributed by atoms with Crippen LogP contribution in [-0.2, 0) is 11.0 Å². The Morgan fingerprint density at radius 1 is 1.48 bits per heavy atom. The molecule has 0 aliphatic carbocycles. The Kier molecular flexibility index (Phi) is 5.32. The highest BCUT2D eigenvalue weighted by Gasteiger charge is 2.21. The van der Waals surface area contributed by atoms with Crippen molar-refractivity contribution >= 4 is 23.2 Å². The number of phenols is 1. The molecule has 0 radical (unpaired) electrons. The molecule has 0 bridgehead atoms. The normalized spacial score (nSPS) is 19.8. The molecular formula is C14H20N4O2S. The summed E-state index contributed by atoms with van der Waals surface area (Å²) < 4.78 is 15.2. The van der Waals surface area contributed by atoms with Gasteiger partial charge in [-0.3, -0.25) is 9.71 Å². The summed E-state index contributed by atoms with van der Waals surface area (Å²) in [5.41, 5.74) is 0. The fraction of sp³-hybridized carbons (Fsp3) is 0.429. The van der Waals surface area contributed by atoms with Crippen LogP contribution in [0.2, 0.25) is 0 Å². The van der Waals surface area contributed by atoms with Crippen LogP contribution in [0.15, 0.2) is 39.3 Å². The standard InChI is InChI=1S/C14H20N4O2S/c1-3-11-9-16-18(10-11)14(15-4-2)17-21(20)13-7-5-12(19)6-8-13/h5-9,11,19H,3-4,10H2,1-2H3,(H,15,17). The van der Waals surface area contributed by atoms with Crippen molar-refractivity contribution in [3.05, 3.63) is 24.3 Å². The SMILES string of the molecule is CCN=C(NS(=O)c1ccc(O)cc1)N1CC(CC)C=N1. The van der Waals surface area contributed by atoms with Gasteiger partial charge in [0.25, 0.3) is 0 Å². The minimum Gasteiger partial charge on any atom is -0.508 e. The van der Waals surface area contributed by atoms with Crippen LogP contribution in [0.1, 0.15) is 20.3 Å². The van der Waals surface area contributed by atoms with Gasteiger partial charge in [-0.05, 0) is 37.6 Å². The third-order valence-corrected chi connectivity index (χ3v) is 4.20. The summed E-state index contributed by atoms with van der Waals surface area (Å²) in [6.45, 7) is 5.36. The summed E-state index contributed by atoms with van der Waals surface area (Å²) in [4.78, 5) is 4.91. The lowest BCUT2D eigenvalue weighted by molar-refractivity contribution is 0.431. The molecule has 6 nitrogen and oxygen atoms in total. The molecule has 7 heteroatoms. The summed E-state index contributed by atoms with van der Waals surface area (Å²) in [5.74, 6) is 1.06. The van der Waals surface area contributed by atoms with Gasteiger partial charge in [-0.1, -0.05) is 6.92 Å². The number of aliphatic imine (C=N–C) groups is 1. The van der Waals surface area contributed by atoms with E-state index in [1.54, 1.807) is 17.1 Å². The van der Waals surface area contributed by atoms with Crippen molar-refractivity contribution in [3.8, 4) is 5.75 Å². The second kappa shape index (κ2) is 7.21. The first-order valence-corrected chi connectivity index (χ1v) is 8.12. The van der Waals surface area contributed by atoms with Gasteiger partial charge >= 0.3 is 0 Å². The van der Waals surface area contributed by atoms with Gasteiger partial charge in [0.05, 0.1) is 11.4 Å². The molecule has 0 fully saturated rings. The van der Waals surface area contributed by atoms with Crippen molar-refractivity contribution in [3.63, 3.8) is 0 Å². The predicted molar refractivity (Wildman–Crippen MR) is 84.6 cm³/mol. The Labute approximate surface area is 127 Å². The Balaban J connectivity index is 2.07. The van der Waals surface area contributed by atoms with Crippen molar-refractivity contribution in [1.82, 2.24) is 9.73 Å². The van der Waals surface area contributed by atoms with Gasteiger partial charge in [0.2, 0.25) is 5.96 Å². The van der Waals surface area contributed by atoms with E-state index in [0.717, 1.165) is 13.0 Å². The summed E-state index contributed by atoms with van der Waals surface area (Å²) in [7, 11) is -1.44. The Morgan fingerprint density at radius 2 is 2.19 bits per heavy atom. The van der Waals surface area contributed by atoms with Crippen LogP contribution in [0.4, 0.5) is 0 Å². The maximum atomic E-state index is 12.3. The lowest BCUT2D eigenvalue weighted by Crippen LogP contribution is -2.39. The average molecular weight is 308 g/mol. The molecule has 2 atom stereocenters. The molecule has 1 aromatic carbocycles. The molecule has 2 unspecified atom stereocenters. The molecule has 2 N–H and O–H groups in total. The molecule has 0 spiro atoms. The summed E-state index contributed by atoms with van der Waals surface area (Å²) in [5, 5.41) is 15.3. The fourth-order valence-corrected chi connectivity index (χ4v) is 2.73. The number of benzene rings is 1. The van der Waals surface area contributed by atoms with E-state index >= 15 is 0 Å². The Morgan fingerprint density at radius 3 is 2.76 bits per heavy atom. The Hall–Kier alpha value is -1.89. The molecule has 114 valence electrons. The zero-order valence-electron chi connectivity index (χ0n) is 12.2. The highest BCUT2D eigenvalue weighted by molar-refractivity contribution is 7.83. The average Bonchev–Trinajstić information content (AvgIpc) is 2.96. The van der Waals surface area contributed by atoms with Gasteiger partial charge < -0.3 is 5.11 Å². The number of phenolic OH excluding ortho intramolecular Hbond substituents is 1. The first-order chi connectivity index (χ1) is 10.1. The molecule has 0 saturated carbocycles.